The molecule has 0 radical (unpaired) electrons. The van der Waals surface area contributed by atoms with Crippen LogP contribution >= 0.6 is 15.9 Å². The smallest absolute Gasteiger partial charge is 0.307 e. The fraction of sp³-hybridized carbons (Fsp3) is 0.467. The van der Waals surface area contributed by atoms with E-state index in [1.807, 2.05) is 29.2 Å². The number of nitrogens with zero attached hydrogens (tertiary/aromatic N) is 2. The fourth-order valence-corrected chi connectivity index (χ4v) is 2.87. The molecule has 1 heterocycles. The van der Waals surface area contributed by atoms with Crippen LogP contribution in [-0.2, 0) is 16.1 Å². The zero-order valence-electron chi connectivity index (χ0n) is 12.0. The van der Waals surface area contributed by atoms with Crippen molar-refractivity contribution in [2.45, 2.75) is 13.0 Å². The van der Waals surface area contributed by atoms with E-state index in [0.717, 1.165) is 10.0 Å². The summed E-state index contributed by atoms with van der Waals surface area (Å²) in [5, 5.41) is 8.97. The molecule has 1 aromatic rings. The summed E-state index contributed by atoms with van der Waals surface area (Å²) in [4.78, 5) is 26.7. The van der Waals surface area contributed by atoms with E-state index in [1.165, 1.54) is 0 Å². The highest BCUT2D eigenvalue weighted by atomic mass is 79.9. The maximum atomic E-state index is 12.2. The molecule has 1 amide bonds. The molecular formula is C15H19BrN2O3. The Labute approximate surface area is 132 Å². The fourth-order valence-electron chi connectivity index (χ4n) is 2.46. The molecule has 0 aromatic heterocycles. The molecular weight excluding hydrogens is 336 g/mol. The lowest BCUT2D eigenvalue weighted by Crippen LogP contribution is -2.37. The molecule has 114 valence electrons. The Balaban J connectivity index is 1.86. The number of carboxylic acids is 1. The highest BCUT2D eigenvalue weighted by molar-refractivity contribution is 9.10. The topological polar surface area (TPSA) is 60.9 Å². The summed E-state index contributed by atoms with van der Waals surface area (Å²) in [6, 6.07) is 7.80. The van der Waals surface area contributed by atoms with Gasteiger partial charge in [0.05, 0.1) is 12.5 Å². The first-order valence-electron chi connectivity index (χ1n) is 6.90. The maximum Gasteiger partial charge on any atom is 0.307 e. The molecule has 1 atom stereocenters. The van der Waals surface area contributed by atoms with E-state index in [4.69, 9.17) is 5.11 Å². The number of hydrogen-bond donors (Lipinski definition) is 1. The lowest BCUT2D eigenvalue weighted by atomic mass is 10.1. The Bertz CT molecular complexity index is 535. The second-order valence-electron chi connectivity index (χ2n) is 5.40. The van der Waals surface area contributed by atoms with Gasteiger partial charge in [-0.1, -0.05) is 34.1 Å². The Hall–Kier alpha value is -1.40. The molecule has 1 aliphatic rings. The van der Waals surface area contributed by atoms with Crippen molar-refractivity contribution in [1.82, 2.24) is 9.80 Å². The van der Waals surface area contributed by atoms with Crippen LogP contribution in [0.5, 0.6) is 0 Å². The summed E-state index contributed by atoms with van der Waals surface area (Å²) >= 11 is 3.47. The predicted octanol–water partition coefficient (Wildman–Crippen LogP) is 1.81. The number of amides is 1. The number of carboxylic acid groups (broad SMARTS) is 1. The van der Waals surface area contributed by atoms with E-state index in [9.17, 15) is 9.59 Å². The molecule has 1 aliphatic heterocycles. The van der Waals surface area contributed by atoms with Crippen molar-refractivity contribution in [2.75, 3.05) is 26.7 Å². The second-order valence-corrected chi connectivity index (χ2v) is 6.25. The summed E-state index contributed by atoms with van der Waals surface area (Å²) in [6.07, 6.45) is 0.622. The van der Waals surface area contributed by atoms with E-state index in [0.29, 0.717) is 26.1 Å². The quantitative estimate of drug-likeness (QED) is 0.875. The van der Waals surface area contributed by atoms with Gasteiger partial charge in [0.1, 0.15) is 0 Å². The molecule has 1 aromatic carbocycles. The van der Waals surface area contributed by atoms with Crippen molar-refractivity contribution < 1.29 is 14.7 Å². The molecule has 6 heteroatoms. The van der Waals surface area contributed by atoms with Gasteiger partial charge in [0.25, 0.3) is 0 Å². The van der Waals surface area contributed by atoms with Crippen LogP contribution in [0, 0.1) is 5.92 Å². The first kappa shape index (κ1) is 16.0. The van der Waals surface area contributed by atoms with Gasteiger partial charge < -0.3 is 10.0 Å². The zero-order valence-corrected chi connectivity index (χ0v) is 13.5. The summed E-state index contributed by atoms with van der Waals surface area (Å²) in [5.41, 5.74) is 1.05. The largest absolute Gasteiger partial charge is 0.481 e. The molecule has 21 heavy (non-hydrogen) atoms. The number of likely N-dealkylation sites (tertiary alicyclic amines) is 1. The number of aliphatic carboxylic acids is 1. The standard InChI is InChI=1S/C15H19BrN2O3/c1-17(8-11-4-2-3-5-13(11)16)14(19)10-18-7-6-12(9-18)15(20)21/h2-5,12H,6-10H2,1H3,(H,20,21)/t12-/m1/s1. The Morgan fingerprint density at radius 1 is 1.43 bits per heavy atom. The van der Waals surface area contributed by atoms with Gasteiger partial charge in [-0.15, -0.1) is 0 Å². The first-order valence-corrected chi connectivity index (χ1v) is 7.69. The minimum absolute atomic E-state index is 0.0109. The van der Waals surface area contributed by atoms with Gasteiger partial charge >= 0.3 is 5.97 Å². The van der Waals surface area contributed by atoms with Crippen LogP contribution in [0.15, 0.2) is 28.7 Å². The van der Waals surface area contributed by atoms with Crippen LogP contribution in [0.1, 0.15) is 12.0 Å². The number of carbonyl (C=O) groups excluding carboxylic acids is 1. The molecule has 1 N–H and O–H groups in total. The van der Waals surface area contributed by atoms with Crippen LogP contribution in [0.2, 0.25) is 0 Å². The third kappa shape index (κ3) is 4.28. The lowest BCUT2D eigenvalue weighted by molar-refractivity contribution is -0.141. The molecule has 0 saturated carbocycles. The number of rotatable bonds is 5. The van der Waals surface area contributed by atoms with Crippen molar-refractivity contribution in [2.24, 2.45) is 5.92 Å². The van der Waals surface area contributed by atoms with E-state index in [-0.39, 0.29) is 18.4 Å². The van der Waals surface area contributed by atoms with E-state index in [1.54, 1.807) is 11.9 Å². The van der Waals surface area contributed by atoms with E-state index >= 15 is 0 Å². The van der Waals surface area contributed by atoms with Gasteiger partial charge in [0.15, 0.2) is 0 Å². The number of halogens is 1. The molecule has 0 bridgehead atoms. The van der Waals surface area contributed by atoms with Crippen molar-refractivity contribution in [3.63, 3.8) is 0 Å². The monoisotopic (exact) mass is 354 g/mol. The average molecular weight is 355 g/mol. The number of benzene rings is 1. The molecule has 0 unspecified atom stereocenters. The Kier molecular flexibility index (Phi) is 5.36. The first-order chi connectivity index (χ1) is 9.97. The van der Waals surface area contributed by atoms with Crippen LogP contribution < -0.4 is 0 Å². The second kappa shape index (κ2) is 7.04. The van der Waals surface area contributed by atoms with Gasteiger partial charge in [0.2, 0.25) is 5.91 Å². The molecule has 2 rings (SSSR count). The van der Waals surface area contributed by atoms with Crippen LogP contribution in [0.4, 0.5) is 0 Å². The summed E-state index contributed by atoms with van der Waals surface area (Å²) in [6.45, 7) is 1.96. The number of likely N-dealkylation sites (N-methyl/N-ethyl adjacent to an activating group) is 1. The summed E-state index contributed by atoms with van der Waals surface area (Å²) in [7, 11) is 1.77. The van der Waals surface area contributed by atoms with Crippen molar-refractivity contribution in [1.29, 1.82) is 0 Å². The number of carbonyl (C=O) groups is 2. The Morgan fingerprint density at radius 3 is 2.76 bits per heavy atom. The normalized spacial score (nSPS) is 18.7. The van der Waals surface area contributed by atoms with Crippen LogP contribution in [-0.4, -0.2) is 53.5 Å². The van der Waals surface area contributed by atoms with Crippen LogP contribution in [0.3, 0.4) is 0 Å². The molecule has 1 fully saturated rings. The van der Waals surface area contributed by atoms with Gasteiger partial charge in [-0.05, 0) is 24.6 Å². The molecule has 0 aliphatic carbocycles. The highest BCUT2D eigenvalue weighted by Crippen LogP contribution is 2.18. The van der Waals surface area contributed by atoms with Gasteiger partial charge in [-0.3, -0.25) is 14.5 Å². The number of hydrogen-bond acceptors (Lipinski definition) is 3. The van der Waals surface area contributed by atoms with Crippen molar-refractivity contribution in [3.05, 3.63) is 34.3 Å². The predicted molar refractivity (Wildman–Crippen MR) is 82.8 cm³/mol. The van der Waals surface area contributed by atoms with Gasteiger partial charge in [-0.2, -0.15) is 0 Å². The summed E-state index contributed by atoms with van der Waals surface area (Å²) < 4.78 is 0.983. The van der Waals surface area contributed by atoms with Gasteiger partial charge in [-0.25, -0.2) is 0 Å². The van der Waals surface area contributed by atoms with Crippen molar-refractivity contribution >= 4 is 27.8 Å². The summed E-state index contributed by atoms with van der Waals surface area (Å²) in [5.74, 6) is -1.10. The molecule has 5 nitrogen and oxygen atoms in total. The zero-order chi connectivity index (χ0) is 15.4. The lowest BCUT2D eigenvalue weighted by Gasteiger charge is -2.22. The van der Waals surface area contributed by atoms with Gasteiger partial charge in [0, 0.05) is 24.6 Å². The Morgan fingerprint density at radius 2 is 2.14 bits per heavy atom. The van der Waals surface area contributed by atoms with Crippen LogP contribution in [0.25, 0.3) is 0 Å². The third-order valence-electron chi connectivity index (χ3n) is 3.77. The minimum atomic E-state index is -0.772. The average Bonchev–Trinajstić information content (AvgIpc) is 2.90. The third-order valence-corrected chi connectivity index (χ3v) is 4.55. The highest BCUT2D eigenvalue weighted by Gasteiger charge is 2.29. The maximum absolute atomic E-state index is 12.2. The van der Waals surface area contributed by atoms with E-state index in [2.05, 4.69) is 15.9 Å². The van der Waals surface area contributed by atoms with E-state index < -0.39 is 5.97 Å². The minimum Gasteiger partial charge on any atom is -0.481 e. The molecule has 1 saturated heterocycles. The SMILES string of the molecule is CN(Cc1ccccc1Br)C(=O)CN1CC[C@@H](C(=O)O)C1. The molecule has 0 spiro atoms. The van der Waals surface area contributed by atoms with Crippen molar-refractivity contribution in [3.8, 4) is 0 Å².